The van der Waals surface area contributed by atoms with E-state index in [2.05, 4.69) is 15.3 Å². The van der Waals surface area contributed by atoms with Crippen LogP contribution >= 0.6 is 23.4 Å². The zero-order chi connectivity index (χ0) is 15.5. The van der Waals surface area contributed by atoms with Crippen molar-refractivity contribution >= 4 is 29.2 Å². The lowest BCUT2D eigenvalue weighted by atomic mass is 10.2. The Kier molecular flexibility index (Phi) is 4.95. The van der Waals surface area contributed by atoms with Gasteiger partial charge in [0.1, 0.15) is 10.8 Å². The second-order valence-electron chi connectivity index (χ2n) is 4.04. The molecule has 0 aliphatic heterocycles. The van der Waals surface area contributed by atoms with E-state index in [0.29, 0.717) is 10.8 Å². The van der Waals surface area contributed by atoms with E-state index in [4.69, 9.17) is 11.6 Å². The molecule has 0 aliphatic carbocycles. The number of nitrogens with zero attached hydrogens (tertiary/aromatic N) is 2. The van der Waals surface area contributed by atoms with Crippen molar-refractivity contribution < 1.29 is 13.2 Å². The number of anilines is 1. The molecule has 1 aromatic heterocycles. The maximum atomic E-state index is 12.7. The van der Waals surface area contributed by atoms with E-state index in [1.165, 1.54) is 24.9 Å². The summed E-state index contributed by atoms with van der Waals surface area (Å²) < 4.78 is 38.2. The third-order valence-corrected chi connectivity index (χ3v) is 3.87. The molecule has 0 aliphatic rings. The summed E-state index contributed by atoms with van der Waals surface area (Å²) in [5, 5.41) is 3.41. The van der Waals surface area contributed by atoms with Crippen LogP contribution in [0.4, 0.5) is 19.0 Å². The molecule has 0 spiro atoms. The molecule has 1 heterocycles. The molecule has 0 saturated carbocycles. The minimum atomic E-state index is -4.58. The van der Waals surface area contributed by atoms with E-state index in [9.17, 15) is 13.2 Å². The number of alkyl halides is 3. The van der Waals surface area contributed by atoms with Gasteiger partial charge in [0.2, 0.25) is 5.82 Å². The highest BCUT2D eigenvalue weighted by Crippen LogP contribution is 2.31. The van der Waals surface area contributed by atoms with Crippen LogP contribution < -0.4 is 5.32 Å². The van der Waals surface area contributed by atoms with Crippen molar-refractivity contribution in [1.82, 2.24) is 9.97 Å². The first kappa shape index (κ1) is 15.9. The molecule has 0 amide bonds. The molecule has 3 nitrogen and oxygen atoms in total. The quantitative estimate of drug-likeness (QED) is 0.661. The molecule has 21 heavy (non-hydrogen) atoms. The minimum Gasteiger partial charge on any atom is -0.373 e. The number of hydrogen-bond donors (Lipinski definition) is 1. The van der Waals surface area contributed by atoms with Crippen LogP contribution in [0.5, 0.6) is 0 Å². The average molecular weight is 334 g/mol. The Morgan fingerprint density at radius 3 is 2.57 bits per heavy atom. The number of benzene rings is 1. The first-order valence-electron chi connectivity index (χ1n) is 5.90. The Morgan fingerprint density at radius 2 is 1.95 bits per heavy atom. The predicted octanol–water partition coefficient (Wildman–Crippen LogP) is 4.48. The van der Waals surface area contributed by atoms with Crippen LogP contribution in [0.25, 0.3) is 0 Å². The summed E-state index contributed by atoms with van der Waals surface area (Å²) in [5.41, 5.74) is 0.836. The summed E-state index contributed by atoms with van der Waals surface area (Å²) in [7, 11) is 1.50. The highest BCUT2D eigenvalue weighted by atomic mass is 35.5. The second-order valence-corrected chi connectivity index (χ2v) is 5.45. The Balaban J connectivity index is 2.22. The third-order valence-electron chi connectivity index (χ3n) is 2.55. The second kappa shape index (κ2) is 6.53. The number of rotatable bonds is 4. The van der Waals surface area contributed by atoms with Gasteiger partial charge >= 0.3 is 6.18 Å². The molecule has 112 valence electrons. The molecule has 1 aromatic carbocycles. The fourth-order valence-corrected chi connectivity index (χ4v) is 2.70. The van der Waals surface area contributed by atoms with Crippen LogP contribution in [0, 0.1) is 0 Å². The standard InChI is InChI=1S/C13H11ClF3N3S/c1-18-10-6-11(20-12(19-10)13(15,16)17)21-7-8-4-2-3-5-9(8)14/h2-6H,7H2,1H3,(H,18,19,20). The van der Waals surface area contributed by atoms with E-state index in [0.717, 1.165) is 5.56 Å². The Bertz CT molecular complexity index is 634. The van der Waals surface area contributed by atoms with Gasteiger partial charge in [0.15, 0.2) is 0 Å². The fraction of sp³-hybridized carbons (Fsp3) is 0.231. The van der Waals surface area contributed by atoms with Crippen LogP contribution in [0.3, 0.4) is 0 Å². The summed E-state index contributed by atoms with van der Waals surface area (Å²) in [5.74, 6) is -0.605. The Morgan fingerprint density at radius 1 is 1.24 bits per heavy atom. The summed E-state index contributed by atoms with van der Waals surface area (Å²) in [6.07, 6.45) is -4.58. The Hall–Kier alpha value is -1.47. The molecule has 2 rings (SSSR count). The van der Waals surface area contributed by atoms with Crippen LogP contribution in [-0.2, 0) is 11.9 Å². The van der Waals surface area contributed by atoms with Gasteiger partial charge in [-0.1, -0.05) is 29.8 Å². The van der Waals surface area contributed by atoms with Gasteiger partial charge in [0, 0.05) is 23.9 Å². The van der Waals surface area contributed by atoms with Gasteiger partial charge in [-0.25, -0.2) is 9.97 Å². The van der Waals surface area contributed by atoms with Crippen LogP contribution in [-0.4, -0.2) is 17.0 Å². The predicted molar refractivity (Wildman–Crippen MR) is 77.6 cm³/mol. The number of nitrogens with one attached hydrogen (secondary N) is 1. The average Bonchev–Trinajstić information content (AvgIpc) is 2.45. The normalized spacial score (nSPS) is 11.5. The number of aromatic nitrogens is 2. The molecule has 0 unspecified atom stereocenters. The van der Waals surface area contributed by atoms with Crippen molar-refractivity contribution in [2.75, 3.05) is 12.4 Å². The van der Waals surface area contributed by atoms with Crippen molar-refractivity contribution in [2.45, 2.75) is 17.0 Å². The van der Waals surface area contributed by atoms with Gasteiger partial charge in [0.25, 0.3) is 0 Å². The van der Waals surface area contributed by atoms with E-state index in [-0.39, 0.29) is 10.8 Å². The zero-order valence-corrected chi connectivity index (χ0v) is 12.5. The van der Waals surface area contributed by atoms with Crippen molar-refractivity contribution in [3.63, 3.8) is 0 Å². The molecule has 0 radical (unpaired) electrons. The van der Waals surface area contributed by atoms with Crippen molar-refractivity contribution in [3.05, 3.63) is 46.7 Å². The van der Waals surface area contributed by atoms with Gasteiger partial charge < -0.3 is 5.32 Å². The Labute approximate surface area is 128 Å². The molecular formula is C13H11ClF3N3S. The van der Waals surface area contributed by atoms with Gasteiger partial charge in [0.05, 0.1) is 0 Å². The van der Waals surface area contributed by atoms with Gasteiger partial charge in [-0.3, -0.25) is 0 Å². The summed E-state index contributed by atoms with van der Waals surface area (Å²) in [6.45, 7) is 0. The minimum absolute atomic E-state index is 0.124. The van der Waals surface area contributed by atoms with E-state index in [1.54, 1.807) is 12.1 Å². The summed E-state index contributed by atoms with van der Waals surface area (Å²) in [6, 6.07) is 8.64. The highest BCUT2D eigenvalue weighted by Gasteiger charge is 2.35. The highest BCUT2D eigenvalue weighted by molar-refractivity contribution is 7.98. The number of thioether (sulfide) groups is 1. The zero-order valence-electron chi connectivity index (χ0n) is 10.9. The first-order chi connectivity index (χ1) is 9.90. The molecule has 2 aromatic rings. The monoisotopic (exact) mass is 333 g/mol. The molecule has 0 fully saturated rings. The van der Waals surface area contributed by atoms with Crippen molar-refractivity contribution in [1.29, 1.82) is 0 Å². The lowest BCUT2D eigenvalue weighted by Crippen LogP contribution is -2.12. The van der Waals surface area contributed by atoms with Crippen molar-refractivity contribution in [2.24, 2.45) is 0 Å². The molecule has 0 saturated heterocycles. The maximum absolute atomic E-state index is 12.7. The lowest BCUT2D eigenvalue weighted by molar-refractivity contribution is -0.145. The summed E-state index contributed by atoms with van der Waals surface area (Å²) in [4.78, 5) is 6.95. The van der Waals surface area contributed by atoms with Crippen molar-refractivity contribution in [3.8, 4) is 0 Å². The van der Waals surface area contributed by atoms with Gasteiger partial charge in [-0.15, -0.1) is 11.8 Å². The third kappa shape index (κ3) is 4.25. The van der Waals surface area contributed by atoms with Crippen LogP contribution in [0.15, 0.2) is 35.4 Å². The lowest BCUT2D eigenvalue weighted by Gasteiger charge is -2.10. The molecule has 1 N–H and O–H groups in total. The first-order valence-corrected chi connectivity index (χ1v) is 7.26. The molecule has 8 heteroatoms. The van der Waals surface area contributed by atoms with E-state index in [1.807, 2.05) is 12.1 Å². The smallest absolute Gasteiger partial charge is 0.373 e. The molecule has 0 bridgehead atoms. The fourth-order valence-electron chi connectivity index (χ4n) is 1.52. The van der Waals surface area contributed by atoms with Gasteiger partial charge in [-0.05, 0) is 11.6 Å². The SMILES string of the molecule is CNc1cc(SCc2ccccc2Cl)nc(C(F)(F)F)n1. The van der Waals surface area contributed by atoms with Crippen LogP contribution in [0.2, 0.25) is 5.02 Å². The van der Waals surface area contributed by atoms with Gasteiger partial charge in [-0.2, -0.15) is 13.2 Å². The van der Waals surface area contributed by atoms with E-state index < -0.39 is 12.0 Å². The van der Waals surface area contributed by atoms with Crippen LogP contribution in [0.1, 0.15) is 11.4 Å². The van der Waals surface area contributed by atoms with E-state index >= 15 is 0 Å². The molecule has 0 atom stereocenters. The summed E-state index contributed by atoms with van der Waals surface area (Å²) >= 11 is 7.19. The molecular weight excluding hydrogens is 323 g/mol. The largest absolute Gasteiger partial charge is 0.451 e. The topological polar surface area (TPSA) is 37.8 Å². The number of hydrogen-bond acceptors (Lipinski definition) is 4. The number of halogens is 4. The maximum Gasteiger partial charge on any atom is 0.451 e.